The lowest BCUT2D eigenvalue weighted by atomic mass is 10.1. The molecule has 0 spiro atoms. The second-order valence-corrected chi connectivity index (χ2v) is 6.58. The molecule has 3 N–H and O–H groups in total. The molecule has 1 saturated heterocycles. The molecular weight excluding hydrogens is 360 g/mol. The molecular formula is C17H19F2N5OS. The second kappa shape index (κ2) is 7.98. The number of rotatable bonds is 1. The molecule has 3 aromatic rings. The summed E-state index contributed by atoms with van der Waals surface area (Å²) in [5, 5.41) is 12.9. The van der Waals surface area contributed by atoms with Gasteiger partial charge >= 0.3 is 0 Å². The third-order valence-electron chi connectivity index (χ3n) is 3.98. The van der Waals surface area contributed by atoms with Crippen molar-refractivity contribution in [3.63, 3.8) is 0 Å². The SMILES string of the molecule is Nc1ncc2c(F)cc(-c3cccc(F)c3)n2n1.OC1CCCN(S)C1. The summed E-state index contributed by atoms with van der Waals surface area (Å²) in [6, 6.07) is 7.12. The van der Waals surface area contributed by atoms with E-state index in [1.54, 1.807) is 12.1 Å². The first kappa shape index (κ1) is 18.6. The molecule has 0 amide bonds. The average molecular weight is 379 g/mol. The van der Waals surface area contributed by atoms with E-state index >= 15 is 0 Å². The van der Waals surface area contributed by atoms with Crippen LogP contribution in [0.3, 0.4) is 0 Å². The van der Waals surface area contributed by atoms with Gasteiger partial charge in [0, 0.05) is 24.7 Å². The first-order valence-electron chi connectivity index (χ1n) is 8.11. The topological polar surface area (TPSA) is 79.7 Å². The highest BCUT2D eigenvalue weighted by molar-refractivity contribution is 7.77. The fourth-order valence-electron chi connectivity index (χ4n) is 2.75. The Labute approximate surface area is 154 Å². The van der Waals surface area contributed by atoms with E-state index in [1.807, 2.05) is 4.31 Å². The maximum atomic E-state index is 13.7. The van der Waals surface area contributed by atoms with E-state index in [0.717, 1.165) is 25.9 Å². The van der Waals surface area contributed by atoms with Crippen LogP contribution in [0.2, 0.25) is 0 Å². The second-order valence-electron chi connectivity index (χ2n) is 6.01. The zero-order valence-corrected chi connectivity index (χ0v) is 14.8. The molecule has 9 heteroatoms. The maximum absolute atomic E-state index is 13.7. The Morgan fingerprint density at radius 2 is 2.08 bits per heavy atom. The molecule has 0 bridgehead atoms. The quantitative estimate of drug-likeness (QED) is 0.566. The molecule has 6 nitrogen and oxygen atoms in total. The normalized spacial score (nSPS) is 17.8. The van der Waals surface area contributed by atoms with Gasteiger partial charge in [-0.25, -0.2) is 18.3 Å². The van der Waals surface area contributed by atoms with Gasteiger partial charge in [-0.3, -0.25) is 4.31 Å². The maximum Gasteiger partial charge on any atom is 0.238 e. The Balaban J connectivity index is 0.000000206. The van der Waals surface area contributed by atoms with Crippen LogP contribution in [0.5, 0.6) is 0 Å². The number of aliphatic hydroxyl groups is 1. The van der Waals surface area contributed by atoms with Crippen molar-refractivity contribution in [3.8, 4) is 11.3 Å². The summed E-state index contributed by atoms with van der Waals surface area (Å²) in [4.78, 5) is 3.72. The van der Waals surface area contributed by atoms with E-state index < -0.39 is 11.6 Å². The zero-order chi connectivity index (χ0) is 18.7. The number of hydrogen-bond donors (Lipinski definition) is 3. The highest BCUT2D eigenvalue weighted by atomic mass is 32.1. The van der Waals surface area contributed by atoms with Gasteiger partial charge in [-0.2, -0.15) is 0 Å². The van der Waals surface area contributed by atoms with Crippen LogP contribution in [-0.4, -0.2) is 43.2 Å². The lowest BCUT2D eigenvalue weighted by Crippen LogP contribution is -2.31. The molecule has 3 heterocycles. The van der Waals surface area contributed by atoms with Crippen LogP contribution in [-0.2, 0) is 0 Å². The van der Waals surface area contributed by atoms with Crippen molar-refractivity contribution >= 4 is 24.3 Å². The third-order valence-corrected chi connectivity index (χ3v) is 4.34. The summed E-state index contributed by atoms with van der Waals surface area (Å²) in [7, 11) is 0. The number of nitrogens with two attached hydrogens (primary N) is 1. The summed E-state index contributed by atoms with van der Waals surface area (Å²) in [5.74, 6) is -0.852. The fraction of sp³-hybridized carbons (Fsp3) is 0.294. The molecule has 4 rings (SSSR count). The van der Waals surface area contributed by atoms with E-state index in [-0.39, 0.29) is 17.6 Å². The van der Waals surface area contributed by atoms with Crippen LogP contribution >= 0.6 is 12.8 Å². The zero-order valence-electron chi connectivity index (χ0n) is 13.9. The molecule has 1 aliphatic heterocycles. The molecule has 0 saturated carbocycles. The third kappa shape index (κ3) is 4.29. The Kier molecular flexibility index (Phi) is 5.70. The largest absolute Gasteiger partial charge is 0.392 e. The lowest BCUT2D eigenvalue weighted by molar-refractivity contribution is 0.113. The van der Waals surface area contributed by atoms with Crippen molar-refractivity contribution < 1.29 is 13.9 Å². The monoisotopic (exact) mass is 379 g/mol. The van der Waals surface area contributed by atoms with Gasteiger partial charge in [0.2, 0.25) is 5.95 Å². The molecule has 1 aromatic carbocycles. The minimum absolute atomic E-state index is 0.0238. The molecule has 1 atom stereocenters. The van der Waals surface area contributed by atoms with Crippen molar-refractivity contribution in [2.75, 3.05) is 18.8 Å². The molecule has 2 aromatic heterocycles. The lowest BCUT2D eigenvalue weighted by Gasteiger charge is -2.24. The molecule has 26 heavy (non-hydrogen) atoms. The van der Waals surface area contributed by atoms with Crippen LogP contribution in [0.15, 0.2) is 36.5 Å². The highest BCUT2D eigenvalue weighted by Crippen LogP contribution is 2.24. The number of piperidine rings is 1. The molecule has 1 aliphatic rings. The van der Waals surface area contributed by atoms with Gasteiger partial charge in [0.05, 0.1) is 18.0 Å². The number of nitrogen functional groups attached to an aromatic ring is 1. The van der Waals surface area contributed by atoms with Gasteiger partial charge < -0.3 is 10.8 Å². The molecule has 1 fully saturated rings. The van der Waals surface area contributed by atoms with Gasteiger partial charge in [0.15, 0.2) is 5.82 Å². The number of hydrogen-bond acceptors (Lipinski definition) is 6. The van der Waals surface area contributed by atoms with Gasteiger partial charge in [-0.05, 0) is 25.0 Å². The molecule has 1 unspecified atom stereocenters. The van der Waals surface area contributed by atoms with Crippen LogP contribution < -0.4 is 5.73 Å². The van der Waals surface area contributed by atoms with Crippen LogP contribution in [0.1, 0.15) is 12.8 Å². The van der Waals surface area contributed by atoms with Crippen LogP contribution in [0.4, 0.5) is 14.7 Å². The van der Waals surface area contributed by atoms with Crippen molar-refractivity contribution in [2.45, 2.75) is 18.9 Å². The van der Waals surface area contributed by atoms with E-state index in [0.29, 0.717) is 11.3 Å². The van der Waals surface area contributed by atoms with Gasteiger partial charge in [0.25, 0.3) is 0 Å². The summed E-state index contributed by atoms with van der Waals surface area (Å²) in [6.45, 7) is 1.74. The van der Waals surface area contributed by atoms with E-state index in [2.05, 4.69) is 22.9 Å². The first-order valence-corrected chi connectivity index (χ1v) is 8.51. The number of benzene rings is 1. The number of aliphatic hydroxyl groups excluding tert-OH is 1. The number of thiol groups is 1. The summed E-state index contributed by atoms with van der Waals surface area (Å²) >= 11 is 4.09. The summed E-state index contributed by atoms with van der Waals surface area (Å²) in [6.07, 6.45) is 3.17. The van der Waals surface area contributed by atoms with Crippen molar-refractivity contribution in [1.82, 2.24) is 18.9 Å². The fourth-order valence-corrected chi connectivity index (χ4v) is 3.08. The molecule has 138 valence electrons. The van der Waals surface area contributed by atoms with Crippen LogP contribution in [0, 0.1) is 11.6 Å². The minimum Gasteiger partial charge on any atom is -0.392 e. The summed E-state index contributed by atoms with van der Waals surface area (Å²) in [5.41, 5.74) is 6.62. The van der Waals surface area contributed by atoms with Crippen molar-refractivity contribution in [2.24, 2.45) is 0 Å². The predicted molar refractivity (Wildman–Crippen MR) is 98.6 cm³/mol. The van der Waals surface area contributed by atoms with Gasteiger partial charge in [0.1, 0.15) is 11.3 Å². The predicted octanol–water partition coefficient (Wildman–Crippen LogP) is 2.54. The van der Waals surface area contributed by atoms with E-state index in [1.165, 1.54) is 28.9 Å². The Bertz CT molecular complexity index is 896. The average Bonchev–Trinajstić information content (AvgIpc) is 2.91. The molecule has 0 radical (unpaired) electrons. The smallest absolute Gasteiger partial charge is 0.238 e. The Hall–Kier alpha value is -2.23. The molecule has 0 aliphatic carbocycles. The van der Waals surface area contributed by atoms with Crippen molar-refractivity contribution in [1.29, 1.82) is 0 Å². The standard InChI is InChI=1S/C12H8F2N4.C5H11NOS/c13-8-3-1-2-7(4-8)10-5-9(14)11-6-16-12(15)17-18(10)11;7-5-2-1-3-6(8)4-5/h1-6H,(H2,15,17);5,7-8H,1-4H2. The number of nitrogens with zero attached hydrogens (tertiary/aromatic N) is 4. The van der Waals surface area contributed by atoms with Gasteiger partial charge in [-0.15, -0.1) is 5.10 Å². The minimum atomic E-state index is -0.478. The van der Waals surface area contributed by atoms with Gasteiger partial charge in [-0.1, -0.05) is 24.9 Å². The Morgan fingerprint density at radius 1 is 1.27 bits per heavy atom. The van der Waals surface area contributed by atoms with E-state index in [9.17, 15) is 8.78 Å². The first-order chi connectivity index (χ1) is 12.4. The number of anilines is 1. The summed E-state index contributed by atoms with van der Waals surface area (Å²) < 4.78 is 30.0. The number of halogens is 2. The number of aromatic nitrogens is 3. The Morgan fingerprint density at radius 3 is 2.73 bits per heavy atom. The highest BCUT2D eigenvalue weighted by Gasteiger charge is 2.14. The number of β-amino-alcohol motifs (C(OH)–C–C–N with tert-alkyl or cyclic N) is 1. The van der Waals surface area contributed by atoms with E-state index in [4.69, 9.17) is 10.8 Å². The van der Waals surface area contributed by atoms with Crippen LogP contribution in [0.25, 0.3) is 16.8 Å². The van der Waals surface area contributed by atoms with Crippen molar-refractivity contribution in [3.05, 3.63) is 48.2 Å². The number of fused-ring (bicyclic) bond motifs is 1.